The van der Waals surface area contributed by atoms with E-state index in [9.17, 15) is 18.3 Å². The number of halogens is 3. The quantitative estimate of drug-likeness (QED) is 0.504. The summed E-state index contributed by atoms with van der Waals surface area (Å²) in [4.78, 5) is 0. The molecule has 3 nitrogen and oxygen atoms in total. The molecule has 1 rings (SSSR count). The number of aromatic hydroxyl groups is 1. The molecule has 0 radical (unpaired) electrons. The monoisotopic (exact) mass is 348 g/mol. The summed E-state index contributed by atoms with van der Waals surface area (Å²) in [6.45, 7) is 0.643. The van der Waals surface area contributed by atoms with Gasteiger partial charge in [-0.05, 0) is 31.0 Å². The van der Waals surface area contributed by atoms with E-state index in [2.05, 4.69) is 0 Å². The van der Waals surface area contributed by atoms with E-state index in [4.69, 9.17) is 9.84 Å². The number of hydrogen-bond donors (Lipinski definition) is 2. The Morgan fingerprint density at radius 3 is 1.92 bits per heavy atom. The molecule has 0 saturated heterocycles. The van der Waals surface area contributed by atoms with E-state index in [1.807, 2.05) is 0 Å². The average molecular weight is 348 g/mol. The number of unbranched alkanes of at least 4 members (excludes halogenated alkanes) is 8. The number of alkyl halides is 3. The SMILES string of the molecule is OCCCCCCCCCCCOc1ccc(O)c(C(F)(F)F)c1. The van der Waals surface area contributed by atoms with Crippen molar-refractivity contribution in [3.8, 4) is 11.5 Å². The Balaban J connectivity index is 2.11. The third-order valence-corrected chi connectivity index (χ3v) is 3.84. The molecule has 0 aliphatic heterocycles. The van der Waals surface area contributed by atoms with E-state index in [0.717, 1.165) is 57.1 Å². The molecule has 138 valence electrons. The third kappa shape index (κ3) is 8.43. The Morgan fingerprint density at radius 1 is 0.833 bits per heavy atom. The lowest BCUT2D eigenvalue weighted by molar-refractivity contribution is -0.138. The molecule has 0 atom stereocenters. The number of ether oxygens (including phenoxy) is 1. The molecular formula is C18H27F3O3. The van der Waals surface area contributed by atoms with Crippen LogP contribution in [0, 0.1) is 0 Å². The fourth-order valence-corrected chi connectivity index (χ4v) is 2.47. The number of phenolic OH excluding ortho intramolecular Hbond substituents is 1. The van der Waals surface area contributed by atoms with Crippen molar-refractivity contribution in [2.75, 3.05) is 13.2 Å². The largest absolute Gasteiger partial charge is 0.507 e. The molecule has 0 fully saturated rings. The first kappa shape index (κ1) is 20.6. The average Bonchev–Trinajstić information content (AvgIpc) is 2.53. The first-order valence-electron chi connectivity index (χ1n) is 8.59. The van der Waals surface area contributed by atoms with Crippen LogP contribution in [0.15, 0.2) is 18.2 Å². The van der Waals surface area contributed by atoms with Crippen molar-refractivity contribution in [2.24, 2.45) is 0 Å². The van der Waals surface area contributed by atoms with Crippen molar-refractivity contribution in [2.45, 2.75) is 64.0 Å². The summed E-state index contributed by atoms with van der Waals surface area (Å²) in [7, 11) is 0. The normalized spacial score (nSPS) is 11.7. The first-order chi connectivity index (χ1) is 11.4. The molecule has 0 amide bonds. The van der Waals surface area contributed by atoms with Gasteiger partial charge in [-0.2, -0.15) is 13.2 Å². The zero-order valence-electron chi connectivity index (χ0n) is 13.9. The minimum atomic E-state index is -4.58. The Kier molecular flexibility index (Phi) is 9.60. The highest BCUT2D eigenvalue weighted by Gasteiger charge is 2.34. The Morgan fingerprint density at radius 2 is 1.38 bits per heavy atom. The highest BCUT2D eigenvalue weighted by Crippen LogP contribution is 2.37. The van der Waals surface area contributed by atoms with E-state index < -0.39 is 17.5 Å². The van der Waals surface area contributed by atoms with Crippen molar-refractivity contribution in [1.29, 1.82) is 0 Å². The van der Waals surface area contributed by atoms with Crippen molar-refractivity contribution < 1.29 is 28.1 Å². The van der Waals surface area contributed by atoms with Crippen molar-refractivity contribution in [3.63, 3.8) is 0 Å². The lowest BCUT2D eigenvalue weighted by Gasteiger charge is -2.12. The van der Waals surface area contributed by atoms with Crippen molar-refractivity contribution in [3.05, 3.63) is 23.8 Å². The Labute approximate surface area is 141 Å². The molecule has 0 aliphatic rings. The smallest absolute Gasteiger partial charge is 0.420 e. The molecule has 0 bridgehead atoms. The van der Waals surface area contributed by atoms with Gasteiger partial charge in [-0.3, -0.25) is 0 Å². The Bertz CT molecular complexity index is 461. The van der Waals surface area contributed by atoms with Gasteiger partial charge in [0.25, 0.3) is 0 Å². The van der Waals surface area contributed by atoms with E-state index >= 15 is 0 Å². The third-order valence-electron chi connectivity index (χ3n) is 3.84. The van der Waals surface area contributed by atoms with Crippen LogP contribution >= 0.6 is 0 Å². The second-order valence-electron chi connectivity index (χ2n) is 5.93. The topological polar surface area (TPSA) is 49.7 Å². The number of aliphatic hydroxyl groups excluding tert-OH is 1. The molecule has 2 N–H and O–H groups in total. The molecule has 24 heavy (non-hydrogen) atoms. The minimum absolute atomic E-state index is 0.129. The number of aliphatic hydroxyl groups is 1. The maximum Gasteiger partial charge on any atom is 0.420 e. The van der Waals surface area contributed by atoms with E-state index in [-0.39, 0.29) is 12.4 Å². The number of phenols is 1. The number of rotatable bonds is 12. The molecule has 0 spiro atoms. The predicted octanol–water partition coefficient (Wildman–Crippen LogP) is 5.29. The van der Waals surface area contributed by atoms with Gasteiger partial charge in [0.1, 0.15) is 17.1 Å². The maximum absolute atomic E-state index is 12.7. The lowest BCUT2D eigenvalue weighted by atomic mass is 10.1. The zero-order chi connectivity index (χ0) is 17.8. The summed E-state index contributed by atoms with van der Waals surface area (Å²) in [5.74, 6) is -0.655. The van der Waals surface area contributed by atoms with Crippen LogP contribution in [-0.2, 0) is 6.18 Å². The second-order valence-corrected chi connectivity index (χ2v) is 5.93. The fourth-order valence-electron chi connectivity index (χ4n) is 2.47. The van der Waals surface area contributed by atoms with Crippen LogP contribution in [0.2, 0.25) is 0 Å². The van der Waals surface area contributed by atoms with Gasteiger partial charge in [-0.25, -0.2) is 0 Å². The van der Waals surface area contributed by atoms with Crippen LogP contribution in [0.4, 0.5) is 13.2 Å². The molecule has 1 aromatic carbocycles. The van der Waals surface area contributed by atoms with E-state index in [1.54, 1.807) is 0 Å². The summed E-state index contributed by atoms with van der Waals surface area (Å²) in [5.41, 5.74) is -1.07. The fraction of sp³-hybridized carbons (Fsp3) is 0.667. The van der Waals surface area contributed by atoms with Gasteiger partial charge in [0.2, 0.25) is 0 Å². The summed E-state index contributed by atoms with van der Waals surface area (Å²) >= 11 is 0. The van der Waals surface area contributed by atoms with Gasteiger partial charge >= 0.3 is 6.18 Å². The van der Waals surface area contributed by atoms with Gasteiger partial charge in [0.15, 0.2) is 0 Å². The maximum atomic E-state index is 12.7. The standard InChI is InChI=1S/C18H27F3O3/c19-18(20,21)16-14-15(10-11-17(16)23)24-13-9-7-5-3-1-2-4-6-8-12-22/h10-11,14,22-23H,1-9,12-13H2. The van der Waals surface area contributed by atoms with E-state index in [0.29, 0.717) is 6.61 Å². The summed E-state index contributed by atoms with van der Waals surface area (Å²) in [6, 6.07) is 3.19. The van der Waals surface area contributed by atoms with Crippen molar-refractivity contribution >= 4 is 0 Å². The number of hydrogen-bond acceptors (Lipinski definition) is 3. The number of benzene rings is 1. The van der Waals surface area contributed by atoms with Crippen LogP contribution in [0.25, 0.3) is 0 Å². The molecule has 1 aromatic rings. The second kappa shape index (κ2) is 11.2. The van der Waals surface area contributed by atoms with Gasteiger partial charge in [0, 0.05) is 6.61 Å². The zero-order valence-corrected chi connectivity index (χ0v) is 13.9. The van der Waals surface area contributed by atoms with Crippen LogP contribution in [0.1, 0.15) is 63.4 Å². The molecule has 0 saturated carbocycles. The summed E-state index contributed by atoms with van der Waals surface area (Å²) in [6.07, 6.45) is 4.93. The predicted molar refractivity (Wildman–Crippen MR) is 87.2 cm³/mol. The Hall–Kier alpha value is -1.43. The van der Waals surface area contributed by atoms with Gasteiger partial charge < -0.3 is 14.9 Å². The van der Waals surface area contributed by atoms with Crippen LogP contribution in [0.3, 0.4) is 0 Å². The molecule has 0 heterocycles. The molecule has 0 aromatic heterocycles. The van der Waals surface area contributed by atoms with Crippen molar-refractivity contribution in [1.82, 2.24) is 0 Å². The minimum Gasteiger partial charge on any atom is -0.507 e. The molecule has 6 heteroatoms. The molecule has 0 unspecified atom stereocenters. The van der Waals surface area contributed by atoms with E-state index in [1.165, 1.54) is 18.9 Å². The highest BCUT2D eigenvalue weighted by atomic mass is 19.4. The molecule has 0 aliphatic carbocycles. The van der Waals surface area contributed by atoms with Gasteiger partial charge in [-0.1, -0.05) is 44.9 Å². The first-order valence-corrected chi connectivity index (χ1v) is 8.59. The van der Waals surface area contributed by atoms with Crippen LogP contribution < -0.4 is 4.74 Å². The molecular weight excluding hydrogens is 321 g/mol. The highest BCUT2D eigenvalue weighted by molar-refractivity contribution is 5.41. The summed E-state index contributed by atoms with van der Waals surface area (Å²) < 4.78 is 43.3. The van der Waals surface area contributed by atoms with Gasteiger partial charge in [-0.15, -0.1) is 0 Å². The summed E-state index contributed by atoms with van der Waals surface area (Å²) in [5, 5.41) is 17.9. The van der Waals surface area contributed by atoms with Gasteiger partial charge in [0.05, 0.1) is 6.61 Å². The lowest BCUT2D eigenvalue weighted by Crippen LogP contribution is -2.06. The van der Waals surface area contributed by atoms with Crippen LogP contribution in [-0.4, -0.2) is 23.4 Å². The van der Waals surface area contributed by atoms with Crippen LogP contribution in [0.5, 0.6) is 11.5 Å².